The lowest BCUT2D eigenvalue weighted by Gasteiger charge is -2.07. The van der Waals surface area contributed by atoms with E-state index in [1.165, 1.54) is 18.2 Å². The topological polar surface area (TPSA) is 43.4 Å². The van der Waals surface area contributed by atoms with Gasteiger partial charge in [0.2, 0.25) is 0 Å². The third-order valence-corrected chi connectivity index (χ3v) is 3.46. The van der Waals surface area contributed by atoms with Crippen LogP contribution in [0.2, 0.25) is 0 Å². The zero-order chi connectivity index (χ0) is 16.1. The summed E-state index contributed by atoms with van der Waals surface area (Å²) in [6.07, 6.45) is 0.139. The molecule has 0 fully saturated rings. The standard InChI is InChI=1S/C18H17FO3/c1-12-6-7-14(11-18(12)22-2)17(21)9-8-16(20)13-4-3-5-15(19)10-13/h3-7,10-11H,8-9H2,1-2H3. The fourth-order valence-electron chi connectivity index (χ4n) is 2.17. The molecule has 0 unspecified atom stereocenters. The van der Waals surface area contributed by atoms with Crippen LogP contribution in [0.15, 0.2) is 42.5 Å². The average molecular weight is 300 g/mol. The number of ether oxygens (including phenoxy) is 1. The molecular formula is C18H17FO3. The van der Waals surface area contributed by atoms with Gasteiger partial charge in [-0.15, -0.1) is 0 Å². The fraction of sp³-hybridized carbons (Fsp3) is 0.222. The van der Waals surface area contributed by atoms with Crippen molar-refractivity contribution in [1.29, 1.82) is 0 Å². The van der Waals surface area contributed by atoms with Crippen molar-refractivity contribution < 1.29 is 18.7 Å². The molecule has 0 aliphatic heterocycles. The Bertz CT molecular complexity index is 707. The van der Waals surface area contributed by atoms with Crippen LogP contribution in [0.4, 0.5) is 4.39 Å². The molecule has 0 amide bonds. The molecule has 0 aliphatic rings. The Morgan fingerprint density at radius 3 is 2.23 bits per heavy atom. The molecule has 0 saturated carbocycles. The number of hydrogen-bond donors (Lipinski definition) is 0. The normalized spacial score (nSPS) is 10.3. The molecule has 3 nitrogen and oxygen atoms in total. The molecule has 0 aliphatic carbocycles. The van der Waals surface area contributed by atoms with Crippen molar-refractivity contribution in [1.82, 2.24) is 0 Å². The number of halogens is 1. The number of hydrogen-bond acceptors (Lipinski definition) is 3. The Balaban J connectivity index is 2.02. The summed E-state index contributed by atoms with van der Waals surface area (Å²) in [7, 11) is 1.55. The molecule has 0 atom stereocenters. The highest BCUT2D eigenvalue weighted by Gasteiger charge is 2.13. The Hall–Kier alpha value is -2.49. The van der Waals surface area contributed by atoms with E-state index in [9.17, 15) is 14.0 Å². The van der Waals surface area contributed by atoms with Crippen molar-refractivity contribution >= 4 is 11.6 Å². The molecule has 0 spiro atoms. The number of rotatable bonds is 6. The number of carbonyl (C=O) groups is 2. The highest BCUT2D eigenvalue weighted by atomic mass is 19.1. The zero-order valence-corrected chi connectivity index (χ0v) is 12.6. The second kappa shape index (κ2) is 6.98. The summed E-state index contributed by atoms with van der Waals surface area (Å²) in [5, 5.41) is 0. The van der Waals surface area contributed by atoms with Crippen LogP contribution in [0.3, 0.4) is 0 Å². The van der Waals surface area contributed by atoms with Crippen LogP contribution in [0.1, 0.15) is 39.1 Å². The molecule has 22 heavy (non-hydrogen) atoms. The minimum absolute atomic E-state index is 0.0540. The smallest absolute Gasteiger partial charge is 0.163 e. The van der Waals surface area contributed by atoms with E-state index in [-0.39, 0.29) is 30.0 Å². The highest BCUT2D eigenvalue weighted by Crippen LogP contribution is 2.20. The van der Waals surface area contributed by atoms with E-state index in [2.05, 4.69) is 0 Å². The van der Waals surface area contributed by atoms with Gasteiger partial charge in [0.05, 0.1) is 7.11 Å². The Kier molecular flexibility index (Phi) is 5.04. The van der Waals surface area contributed by atoms with E-state index in [1.54, 1.807) is 31.4 Å². The van der Waals surface area contributed by atoms with E-state index < -0.39 is 5.82 Å². The van der Waals surface area contributed by atoms with Gasteiger partial charge in [-0.2, -0.15) is 0 Å². The average Bonchev–Trinajstić information content (AvgIpc) is 2.52. The van der Waals surface area contributed by atoms with Crippen LogP contribution >= 0.6 is 0 Å². The number of carbonyl (C=O) groups excluding carboxylic acids is 2. The Morgan fingerprint density at radius 2 is 1.64 bits per heavy atom. The van der Waals surface area contributed by atoms with E-state index in [1.807, 2.05) is 6.92 Å². The SMILES string of the molecule is COc1cc(C(=O)CCC(=O)c2cccc(F)c2)ccc1C. The first-order chi connectivity index (χ1) is 10.5. The van der Waals surface area contributed by atoms with Gasteiger partial charge in [-0.3, -0.25) is 9.59 Å². The van der Waals surface area contributed by atoms with Gasteiger partial charge in [-0.1, -0.05) is 24.3 Å². The van der Waals surface area contributed by atoms with Crippen molar-refractivity contribution in [3.63, 3.8) is 0 Å². The Morgan fingerprint density at radius 1 is 1.00 bits per heavy atom. The van der Waals surface area contributed by atoms with Crippen LogP contribution in [0, 0.1) is 12.7 Å². The van der Waals surface area contributed by atoms with Gasteiger partial charge in [0.1, 0.15) is 11.6 Å². The molecule has 0 heterocycles. The van der Waals surface area contributed by atoms with Crippen molar-refractivity contribution in [2.75, 3.05) is 7.11 Å². The first kappa shape index (κ1) is 15.9. The lowest BCUT2D eigenvalue weighted by Crippen LogP contribution is -2.06. The van der Waals surface area contributed by atoms with Crippen LogP contribution < -0.4 is 4.74 Å². The maximum atomic E-state index is 13.1. The molecule has 0 N–H and O–H groups in total. The number of Topliss-reactive ketones (excluding diaryl/α,β-unsaturated/α-hetero) is 2. The van der Waals surface area contributed by atoms with Gasteiger partial charge in [-0.25, -0.2) is 4.39 Å². The van der Waals surface area contributed by atoms with Gasteiger partial charge in [0, 0.05) is 24.0 Å². The maximum Gasteiger partial charge on any atom is 0.163 e. The molecular weight excluding hydrogens is 283 g/mol. The van der Waals surface area contributed by atoms with E-state index >= 15 is 0 Å². The van der Waals surface area contributed by atoms with E-state index in [0.717, 1.165) is 5.56 Å². The molecule has 2 rings (SSSR count). The van der Waals surface area contributed by atoms with Crippen molar-refractivity contribution in [2.45, 2.75) is 19.8 Å². The quantitative estimate of drug-likeness (QED) is 0.758. The molecule has 2 aromatic rings. The van der Waals surface area contributed by atoms with Gasteiger partial charge in [0.15, 0.2) is 11.6 Å². The van der Waals surface area contributed by atoms with Crippen LogP contribution in [0.5, 0.6) is 5.75 Å². The minimum atomic E-state index is -0.458. The van der Waals surface area contributed by atoms with Crippen LogP contribution in [0.25, 0.3) is 0 Å². The molecule has 4 heteroatoms. The summed E-state index contributed by atoms with van der Waals surface area (Å²) in [6.45, 7) is 1.89. The second-order valence-corrected chi connectivity index (χ2v) is 5.04. The van der Waals surface area contributed by atoms with Gasteiger partial charge >= 0.3 is 0 Å². The fourth-order valence-corrected chi connectivity index (χ4v) is 2.17. The predicted molar refractivity (Wildman–Crippen MR) is 82.0 cm³/mol. The number of aryl methyl sites for hydroxylation is 1. The Labute approximate surface area is 128 Å². The highest BCUT2D eigenvalue weighted by molar-refractivity contribution is 6.02. The lowest BCUT2D eigenvalue weighted by molar-refractivity contribution is 0.0917. The molecule has 0 radical (unpaired) electrons. The number of benzene rings is 2. The summed E-state index contributed by atoms with van der Waals surface area (Å²) < 4.78 is 18.3. The van der Waals surface area contributed by atoms with Gasteiger partial charge in [0.25, 0.3) is 0 Å². The second-order valence-electron chi connectivity index (χ2n) is 5.04. The molecule has 114 valence electrons. The lowest BCUT2D eigenvalue weighted by atomic mass is 10.0. The van der Waals surface area contributed by atoms with Crippen molar-refractivity contribution in [3.8, 4) is 5.75 Å². The third kappa shape index (κ3) is 3.79. The predicted octanol–water partition coefficient (Wildman–Crippen LogP) is 3.99. The summed E-state index contributed by atoms with van der Waals surface area (Å²) in [5.41, 5.74) is 1.73. The first-order valence-corrected chi connectivity index (χ1v) is 6.98. The minimum Gasteiger partial charge on any atom is -0.496 e. The number of methoxy groups -OCH3 is 1. The molecule has 0 bridgehead atoms. The van der Waals surface area contributed by atoms with E-state index in [4.69, 9.17) is 4.74 Å². The zero-order valence-electron chi connectivity index (χ0n) is 12.6. The summed E-state index contributed by atoms with van der Waals surface area (Å²) in [5.74, 6) is -0.197. The monoisotopic (exact) mass is 300 g/mol. The van der Waals surface area contributed by atoms with Crippen molar-refractivity contribution in [2.24, 2.45) is 0 Å². The molecule has 0 saturated heterocycles. The first-order valence-electron chi connectivity index (χ1n) is 6.98. The van der Waals surface area contributed by atoms with E-state index in [0.29, 0.717) is 11.3 Å². The largest absolute Gasteiger partial charge is 0.496 e. The maximum absolute atomic E-state index is 13.1. The van der Waals surface area contributed by atoms with Gasteiger partial charge < -0.3 is 4.74 Å². The van der Waals surface area contributed by atoms with Gasteiger partial charge in [-0.05, 0) is 30.7 Å². The molecule has 0 aromatic heterocycles. The van der Waals surface area contributed by atoms with Crippen LogP contribution in [-0.4, -0.2) is 18.7 Å². The van der Waals surface area contributed by atoms with Crippen molar-refractivity contribution in [3.05, 3.63) is 65.0 Å². The summed E-state index contributed by atoms with van der Waals surface area (Å²) in [4.78, 5) is 24.1. The molecule has 2 aromatic carbocycles. The summed E-state index contributed by atoms with van der Waals surface area (Å²) >= 11 is 0. The third-order valence-electron chi connectivity index (χ3n) is 3.46. The number of ketones is 2. The van der Waals surface area contributed by atoms with Crippen LogP contribution in [-0.2, 0) is 0 Å². The summed E-state index contributed by atoms with van der Waals surface area (Å²) in [6, 6.07) is 10.7.